The molecule has 1 saturated heterocycles. The quantitative estimate of drug-likeness (QED) is 0.736. The first-order valence-electron chi connectivity index (χ1n) is 9.27. The Morgan fingerprint density at radius 1 is 1.27 bits per heavy atom. The van der Waals surface area contributed by atoms with Crippen LogP contribution in [0.15, 0.2) is 42.7 Å². The number of likely N-dealkylation sites (tertiary alicyclic amines) is 1. The minimum Gasteiger partial charge on any atom is -0.494 e. The Morgan fingerprint density at radius 3 is 2.69 bits per heavy atom. The molecule has 0 aliphatic carbocycles. The number of hydrogen-bond donors (Lipinski definition) is 1. The monoisotopic (exact) mass is 357 g/mol. The number of carbonyl (C=O) groups excluding carboxylic acids is 1. The number of carbonyl (C=O) groups is 1. The lowest BCUT2D eigenvalue weighted by Gasteiger charge is -2.39. The van der Waals surface area contributed by atoms with Crippen LogP contribution in [0, 0.1) is 5.41 Å². The SMILES string of the molecule is CCOC(=O)C1(CCOc2ccccc2)CCN(Cc2ncc[nH]2)CC1. The van der Waals surface area contributed by atoms with Crippen LogP contribution >= 0.6 is 0 Å². The Bertz CT molecular complexity index is 665. The summed E-state index contributed by atoms with van der Waals surface area (Å²) in [5.74, 6) is 1.71. The Kier molecular flexibility index (Phi) is 6.28. The predicted octanol–water partition coefficient (Wildman–Crippen LogP) is 3.02. The molecule has 1 aliphatic heterocycles. The summed E-state index contributed by atoms with van der Waals surface area (Å²) in [5, 5.41) is 0. The molecule has 1 fully saturated rings. The van der Waals surface area contributed by atoms with Crippen molar-refractivity contribution in [2.75, 3.05) is 26.3 Å². The first-order chi connectivity index (χ1) is 12.7. The smallest absolute Gasteiger partial charge is 0.312 e. The Hall–Kier alpha value is -2.34. The van der Waals surface area contributed by atoms with Crippen LogP contribution in [0.2, 0.25) is 0 Å². The summed E-state index contributed by atoms with van der Waals surface area (Å²) in [7, 11) is 0. The van der Waals surface area contributed by atoms with Crippen LogP contribution in [-0.2, 0) is 16.1 Å². The average Bonchev–Trinajstić information content (AvgIpc) is 3.17. The maximum Gasteiger partial charge on any atom is 0.312 e. The lowest BCUT2D eigenvalue weighted by Crippen LogP contribution is -2.45. The molecule has 0 unspecified atom stereocenters. The molecule has 1 aromatic heterocycles. The third-order valence-corrected chi connectivity index (χ3v) is 5.04. The topological polar surface area (TPSA) is 67.5 Å². The molecular formula is C20H27N3O3. The minimum absolute atomic E-state index is 0.0886. The van der Waals surface area contributed by atoms with Gasteiger partial charge in [-0.25, -0.2) is 4.98 Å². The molecular weight excluding hydrogens is 330 g/mol. The van der Waals surface area contributed by atoms with Crippen molar-refractivity contribution >= 4 is 5.97 Å². The largest absolute Gasteiger partial charge is 0.494 e. The maximum absolute atomic E-state index is 12.7. The fourth-order valence-electron chi connectivity index (χ4n) is 3.46. The van der Waals surface area contributed by atoms with E-state index in [9.17, 15) is 4.79 Å². The molecule has 2 aromatic rings. The second-order valence-corrected chi connectivity index (χ2v) is 6.72. The summed E-state index contributed by atoms with van der Waals surface area (Å²) in [6.45, 7) is 5.28. The van der Waals surface area contributed by atoms with Gasteiger partial charge in [0.1, 0.15) is 11.6 Å². The zero-order chi connectivity index (χ0) is 18.2. The molecule has 1 aliphatic rings. The van der Waals surface area contributed by atoms with E-state index in [-0.39, 0.29) is 5.97 Å². The number of hydrogen-bond acceptors (Lipinski definition) is 5. The van der Waals surface area contributed by atoms with Crippen molar-refractivity contribution in [1.82, 2.24) is 14.9 Å². The second-order valence-electron chi connectivity index (χ2n) is 6.72. The van der Waals surface area contributed by atoms with Crippen LogP contribution in [0.5, 0.6) is 5.75 Å². The number of benzene rings is 1. The van der Waals surface area contributed by atoms with Gasteiger partial charge in [-0.2, -0.15) is 0 Å². The van der Waals surface area contributed by atoms with Crippen molar-refractivity contribution in [2.45, 2.75) is 32.7 Å². The number of aromatic nitrogens is 2. The zero-order valence-electron chi connectivity index (χ0n) is 15.3. The Labute approximate surface area is 154 Å². The van der Waals surface area contributed by atoms with Crippen molar-refractivity contribution < 1.29 is 14.3 Å². The van der Waals surface area contributed by atoms with Crippen LogP contribution in [0.3, 0.4) is 0 Å². The van der Waals surface area contributed by atoms with Crippen molar-refractivity contribution in [2.24, 2.45) is 5.41 Å². The summed E-state index contributed by atoms with van der Waals surface area (Å²) >= 11 is 0. The van der Waals surface area contributed by atoms with Gasteiger partial charge in [0.2, 0.25) is 0 Å². The number of esters is 1. The fraction of sp³-hybridized carbons (Fsp3) is 0.500. The van der Waals surface area contributed by atoms with Crippen LogP contribution in [0.4, 0.5) is 0 Å². The van der Waals surface area contributed by atoms with E-state index in [2.05, 4.69) is 14.9 Å². The van der Waals surface area contributed by atoms with Crippen LogP contribution < -0.4 is 4.74 Å². The minimum atomic E-state index is -0.454. The van der Waals surface area contributed by atoms with E-state index in [1.165, 1.54) is 0 Å². The first-order valence-corrected chi connectivity index (χ1v) is 9.27. The molecule has 0 saturated carbocycles. The van der Waals surface area contributed by atoms with E-state index in [0.29, 0.717) is 19.6 Å². The zero-order valence-corrected chi connectivity index (χ0v) is 15.3. The van der Waals surface area contributed by atoms with Gasteiger partial charge >= 0.3 is 5.97 Å². The molecule has 140 valence electrons. The second kappa shape index (κ2) is 8.85. The summed E-state index contributed by atoms with van der Waals surface area (Å²) < 4.78 is 11.2. The molecule has 0 radical (unpaired) electrons. The van der Waals surface area contributed by atoms with Crippen LogP contribution in [0.1, 0.15) is 32.0 Å². The number of H-pyrrole nitrogens is 1. The molecule has 0 amide bonds. The predicted molar refractivity (Wildman–Crippen MR) is 98.7 cm³/mol. The molecule has 0 spiro atoms. The number of nitrogens with one attached hydrogen (secondary N) is 1. The van der Waals surface area contributed by atoms with Gasteiger partial charge in [0.25, 0.3) is 0 Å². The molecule has 0 atom stereocenters. The van der Waals surface area contributed by atoms with Crippen molar-refractivity contribution in [3.8, 4) is 5.75 Å². The highest BCUT2D eigenvalue weighted by Gasteiger charge is 2.42. The number of nitrogens with zero attached hydrogens (tertiary/aromatic N) is 2. The highest BCUT2D eigenvalue weighted by Crippen LogP contribution is 2.37. The van der Waals surface area contributed by atoms with E-state index in [1.54, 1.807) is 6.20 Å². The maximum atomic E-state index is 12.7. The molecule has 0 bridgehead atoms. The van der Waals surface area contributed by atoms with Gasteiger partial charge in [-0.05, 0) is 51.4 Å². The molecule has 1 aromatic carbocycles. The van der Waals surface area contributed by atoms with Crippen molar-refractivity contribution in [3.05, 3.63) is 48.5 Å². The van der Waals surface area contributed by atoms with E-state index < -0.39 is 5.41 Å². The number of imidazole rings is 1. The van der Waals surface area contributed by atoms with Gasteiger partial charge < -0.3 is 14.5 Å². The third kappa shape index (κ3) is 4.64. The number of rotatable bonds is 8. The lowest BCUT2D eigenvalue weighted by molar-refractivity contribution is -0.159. The van der Waals surface area contributed by atoms with Crippen molar-refractivity contribution in [3.63, 3.8) is 0 Å². The highest BCUT2D eigenvalue weighted by molar-refractivity contribution is 5.77. The van der Waals surface area contributed by atoms with Crippen molar-refractivity contribution in [1.29, 1.82) is 0 Å². The number of aromatic amines is 1. The summed E-state index contributed by atoms with van der Waals surface area (Å²) in [6, 6.07) is 9.72. The Balaban J connectivity index is 1.57. The fourth-order valence-corrected chi connectivity index (χ4v) is 3.46. The number of para-hydroxylation sites is 1. The lowest BCUT2D eigenvalue weighted by atomic mass is 9.75. The van der Waals surface area contributed by atoms with E-state index in [0.717, 1.165) is 44.0 Å². The van der Waals surface area contributed by atoms with Gasteiger partial charge in [0.15, 0.2) is 0 Å². The van der Waals surface area contributed by atoms with Crippen LogP contribution in [-0.4, -0.2) is 47.1 Å². The van der Waals surface area contributed by atoms with E-state index in [1.807, 2.05) is 43.5 Å². The normalized spacial score (nSPS) is 17.0. The van der Waals surface area contributed by atoms with Gasteiger partial charge in [-0.1, -0.05) is 18.2 Å². The number of ether oxygens (including phenoxy) is 2. The molecule has 1 N–H and O–H groups in total. The van der Waals surface area contributed by atoms with Gasteiger partial charge in [-0.3, -0.25) is 9.69 Å². The standard InChI is InChI=1S/C20H27N3O3/c1-2-25-19(24)20(10-15-26-17-6-4-3-5-7-17)8-13-23(14-9-20)16-18-21-11-12-22-18/h3-7,11-12H,2,8-10,13-16H2,1H3,(H,21,22). The summed E-state index contributed by atoms with van der Waals surface area (Å²) in [6.07, 6.45) is 5.84. The van der Waals surface area contributed by atoms with E-state index >= 15 is 0 Å². The van der Waals surface area contributed by atoms with Crippen LogP contribution in [0.25, 0.3) is 0 Å². The molecule has 6 heteroatoms. The summed E-state index contributed by atoms with van der Waals surface area (Å²) in [5.41, 5.74) is -0.454. The van der Waals surface area contributed by atoms with Gasteiger partial charge in [0.05, 0.1) is 25.2 Å². The molecule has 2 heterocycles. The Morgan fingerprint density at radius 2 is 2.04 bits per heavy atom. The molecule has 3 rings (SSSR count). The van der Waals surface area contributed by atoms with Gasteiger partial charge in [0, 0.05) is 12.4 Å². The highest BCUT2D eigenvalue weighted by atomic mass is 16.5. The number of piperidine rings is 1. The van der Waals surface area contributed by atoms with Gasteiger partial charge in [-0.15, -0.1) is 0 Å². The average molecular weight is 357 g/mol. The molecule has 6 nitrogen and oxygen atoms in total. The first kappa shape index (κ1) is 18.5. The van der Waals surface area contributed by atoms with E-state index in [4.69, 9.17) is 9.47 Å². The molecule has 26 heavy (non-hydrogen) atoms. The third-order valence-electron chi connectivity index (χ3n) is 5.04. The summed E-state index contributed by atoms with van der Waals surface area (Å²) in [4.78, 5) is 22.4.